The Kier molecular flexibility index (Phi) is 5.51. The van der Waals surface area contributed by atoms with E-state index >= 15 is 0 Å². The molecule has 0 aromatic rings. The van der Waals surface area contributed by atoms with Crippen molar-refractivity contribution in [3.63, 3.8) is 0 Å². The second-order valence-electron chi connectivity index (χ2n) is 5.94. The largest absolute Gasteiger partial charge is 0.480 e. The highest BCUT2D eigenvalue weighted by Gasteiger charge is 2.37. The Hall–Kier alpha value is -1.86. The van der Waals surface area contributed by atoms with Crippen LogP contribution < -0.4 is 5.32 Å². The maximum atomic E-state index is 12.9. The molecule has 0 spiro atoms. The van der Waals surface area contributed by atoms with Gasteiger partial charge in [-0.1, -0.05) is 0 Å². The average molecular weight is 304 g/mol. The SMILES string of the molecule is CC(C)(C)OC(=O)N[C@H]1CC[C@@H](CF)N(CC(=O)O)C1=O. The minimum atomic E-state index is -1.22. The van der Waals surface area contributed by atoms with Gasteiger partial charge in [-0.3, -0.25) is 9.59 Å². The highest BCUT2D eigenvalue weighted by Crippen LogP contribution is 2.19. The monoisotopic (exact) mass is 304 g/mol. The maximum absolute atomic E-state index is 12.9. The summed E-state index contributed by atoms with van der Waals surface area (Å²) in [5.74, 6) is -1.82. The fourth-order valence-electron chi connectivity index (χ4n) is 2.12. The van der Waals surface area contributed by atoms with E-state index in [0.29, 0.717) is 0 Å². The number of carboxylic acids is 1. The molecule has 2 atom stereocenters. The highest BCUT2D eigenvalue weighted by atomic mass is 19.1. The molecule has 2 amide bonds. The van der Waals surface area contributed by atoms with Crippen LogP contribution in [0, 0.1) is 0 Å². The molecule has 1 aliphatic heterocycles. The lowest BCUT2D eigenvalue weighted by Gasteiger charge is -2.37. The summed E-state index contributed by atoms with van der Waals surface area (Å²) in [7, 11) is 0. The third-order valence-electron chi connectivity index (χ3n) is 2.99. The maximum Gasteiger partial charge on any atom is 0.408 e. The van der Waals surface area contributed by atoms with Crippen LogP contribution in [-0.4, -0.2) is 58.9 Å². The first-order valence-electron chi connectivity index (χ1n) is 6.72. The van der Waals surface area contributed by atoms with Crippen LogP contribution in [0.15, 0.2) is 0 Å². The Bertz CT molecular complexity index is 421. The lowest BCUT2D eigenvalue weighted by atomic mass is 9.98. The average Bonchev–Trinajstić information content (AvgIpc) is 2.31. The number of hydrogen-bond acceptors (Lipinski definition) is 4. The molecular formula is C13H21FN2O5. The third-order valence-corrected chi connectivity index (χ3v) is 2.99. The van der Waals surface area contributed by atoms with Crippen molar-refractivity contribution in [3.8, 4) is 0 Å². The number of nitrogens with one attached hydrogen (secondary N) is 1. The van der Waals surface area contributed by atoms with Crippen molar-refractivity contribution >= 4 is 18.0 Å². The molecule has 1 heterocycles. The Morgan fingerprint density at radius 2 is 2.05 bits per heavy atom. The number of nitrogens with zero attached hydrogens (tertiary/aromatic N) is 1. The molecule has 0 aliphatic carbocycles. The van der Waals surface area contributed by atoms with Crippen LogP contribution in [0.2, 0.25) is 0 Å². The number of alkyl carbamates (subject to hydrolysis) is 1. The number of alkyl halides is 1. The van der Waals surface area contributed by atoms with Crippen LogP contribution in [-0.2, 0) is 14.3 Å². The number of carbonyl (C=O) groups excluding carboxylic acids is 2. The van der Waals surface area contributed by atoms with Crippen molar-refractivity contribution in [1.82, 2.24) is 10.2 Å². The normalized spacial score (nSPS) is 22.9. The summed E-state index contributed by atoms with van der Waals surface area (Å²) in [6, 6.07) is -1.65. The zero-order chi connectivity index (χ0) is 16.2. The molecule has 0 bridgehead atoms. The fraction of sp³-hybridized carbons (Fsp3) is 0.769. The summed E-state index contributed by atoms with van der Waals surface area (Å²) in [5, 5.41) is 11.2. The molecule has 0 aromatic heterocycles. The molecule has 0 radical (unpaired) electrons. The number of carbonyl (C=O) groups is 3. The third kappa shape index (κ3) is 5.20. The zero-order valence-corrected chi connectivity index (χ0v) is 12.4. The molecule has 0 aromatic carbocycles. The number of likely N-dealkylation sites (tertiary alicyclic amines) is 1. The van der Waals surface area contributed by atoms with Crippen molar-refractivity contribution in [2.45, 2.75) is 51.3 Å². The van der Waals surface area contributed by atoms with E-state index in [0.717, 1.165) is 4.90 Å². The molecule has 1 fully saturated rings. The van der Waals surface area contributed by atoms with Crippen LogP contribution in [0.5, 0.6) is 0 Å². The Morgan fingerprint density at radius 1 is 1.43 bits per heavy atom. The number of halogens is 1. The number of aliphatic carboxylic acids is 1. The second-order valence-corrected chi connectivity index (χ2v) is 5.94. The van der Waals surface area contributed by atoms with Gasteiger partial charge in [0, 0.05) is 0 Å². The summed E-state index contributed by atoms with van der Waals surface area (Å²) in [6.45, 7) is 3.67. The van der Waals surface area contributed by atoms with Crippen LogP contribution in [0.25, 0.3) is 0 Å². The van der Waals surface area contributed by atoms with Gasteiger partial charge in [-0.25, -0.2) is 9.18 Å². The van der Waals surface area contributed by atoms with Gasteiger partial charge >= 0.3 is 12.1 Å². The molecule has 1 aliphatic rings. The van der Waals surface area contributed by atoms with Gasteiger partial charge in [0.25, 0.3) is 0 Å². The summed E-state index contributed by atoms with van der Waals surface area (Å²) in [6.07, 6.45) is -0.214. The van der Waals surface area contributed by atoms with Gasteiger partial charge < -0.3 is 20.1 Å². The quantitative estimate of drug-likeness (QED) is 0.805. The van der Waals surface area contributed by atoms with Gasteiger partial charge in [0.05, 0.1) is 6.04 Å². The molecule has 8 heteroatoms. The van der Waals surface area contributed by atoms with Crippen molar-refractivity contribution in [2.75, 3.05) is 13.2 Å². The predicted octanol–water partition coefficient (Wildman–Crippen LogP) is 0.925. The standard InChI is InChI=1S/C13H21FN2O5/c1-13(2,3)21-12(20)15-9-5-4-8(6-14)16(11(9)19)7-10(17)18/h8-9H,4-7H2,1-3H3,(H,15,20)(H,17,18)/t8-,9-/m0/s1. The lowest BCUT2D eigenvalue weighted by Crippen LogP contribution is -2.58. The van der Waals surface area contributed by atoms with Crippen molar-refractivity contribution in [3.05, 3.63) is 0 Å². The molecule has 0 unspecified atom stereocenters. The molecule has 0 saturated carbocycles. The minimum absolute atomic E-state index is 0.253. The molecule has 2 N–H and O–H groups in total. The highest BCUT2D eigenvalue weighted by molar-refractivity contribution is 5.89. The Balaban J connectivity index is 2.70. The van der Waals surface area contributed by atoms with Crippen LogP contribution in [0.3, 0.4) is 0 Å². The van der Waals surface area contributed by atoms with E-state index in [4.69, 9.17) is 9.84 Å². The van der Waals surface area contributed by atoms with Gasteiger partial charge in [-0.15, -0.1) is 0 Å². The number of hydrogen-bond donors (Lipinski definition) is 2. The summed E-state index contributed by atoms with van der Waals surface area (Å²) >= 11 is 0. The number of piperidine rings is 1. The number of ether oxygens (including phenoxy) is 1. The summed E-state index contributed by atoms with van der Waals surface area (Å²) in [5.41, 5.74) is -0.704. The van der Waals surface area contributed by atoms with Gasteiger partial charge in [-0.2, -0.15) is 0 Å². The van der Waals surface area contributed by atoms with E-state index in [1.807, 2.05) is 0 Å². The van der Waals surface area contributed by atoms with Crippen molar-refractivity contribution < 1.29 is 28.6 Å². The van der Waals surface area contributed by atoms with E-state index in [2.05, 4.69) is 5.32 Å². The van der Waals surface area contributed by atoms with Gasteiger partial charge in [0.1, 0.15) is 24.9 Å². The van der Waals surface area contributed by atoms with Gasteiger partial charge in [-0.05, 0) is 33.6 Å². The molecule has 7 nitrogen and oxygen atoms in total. The van der Waals surface area contributed by atoms with E-state index < -0.39 is 48.9 Å². The first kappa shape index (κ1) is 17.2. The predicted molar refractivity (Wildman–Crippen MR) is 71.5 cm³/mol. The number of carboxylic acid groups (broad SMARTS) is 1. The Morgan fingerprint density at radius 3 is 2.52 bits per heavy atom. The molecule has 1 saturated heterocycles. The number of rotatable bonds is 4. The number of amides is 2. The van der Waals surface area contributed by atoms with Crippen LogP contribution in [0.1, 0.15) is 33.6 Å². The van der Waals surface area contributed by atoms with E-state index in [1.165, 1.54) is 0 Å². The molecule has 120 valence electrons. The first-order valence-corrected chi connectivity index (χ1v) is 6.72. The van der Waals surface area contributed by atoms with Crippen molar-refractivity contribution in [1.29, 1.82) is 0 Å². The van der Waals surface area contributed by atoms with Crippen molar-refractivity contribution in [2.24, 2.45) is 0 Å². The van der Waals surface area contributed by atoms with Crippen LogP contribution >= 0.6 is 0 Å². The molecule has 21 heavy (non-hydrogen) atoms. The first-order chi connectivity index (χ1) is 9.64. The smallest absolute Gasteiger partial charge is 0.408 e. The zero-order valence-electron chi connectivity index (χ0n) is 12.4. The van der Waals surface area contributed by atoms with Gasteiger partial charge in [0.15, 0.2) is 0 Å². The van der Waals surface area contributed by atoms with Crippen LogP contribution in [0.4, 0.5) is 9.18 Å². The van der Waals surface area contributed by atoms with Gasteiger partial charge in [0.2, 0.25) is 5.91 Å². The second kappa shape index (κ2) is 6.73. The lowest BCUT2D eigenvalue weighted by molar-refractivity contribution is -0.149. The minimum Gasteiger partial charge on any atom is -0.480 e. The van der Waals surface area contributed by atoms with E-state index in [-0.39, 0.29) is 12.8 Å². The topological polar surface area (TPSA) is 95.9 Å². The molecule has 1 rings (SSSR count). The molecular weight excluding hydrogens is 283 g/mol. The van der Waals surface area contributed by atoms with E-state index in [1.54, 1.807) is 20.8 Å². The Labute approximate surface area is 122 Å². The summed E-state index contributed by atoms with van der Waals surface area (Å²) < 4.78 is 17.9. The van der Waals surface area contributed by atoms with E-state index in [9.17, 15) is 18.8 Å². The fourth-order valence-corrected chi connectivity index (χ4v) is 2.12. The summed E-state index contributed by atoms with van der Waals surface area (Å²) in [4.78, 5) is 35.5.